The van der Waals surface area contributed by atoms with Gasteiger partial charge in [-0.15, -0.1) is 0 Å². The number of hydrogen-bond acceptors (Lipinski definition) is 6. The average Bonchev–Trinajstić information content (AvgIpc) is 3.18. The number of ether oxygens (including phenoxy) is 1. The van der Waals surface area contributed by atoms with E-state index in [0.717, 1.165) is 11.3 Å². The third kappa shape index (κ3) is 3.46. The molecule has 2 aromatic rings. The Morgan fingerprint density at radius 1 is 1.42 bits per heavy atom. The number of cyclic esters (lactones) is 1. The van der Waals surface area contributed by atoms with Crippen molar-refractivity contribution in [1.82, 2.24) is 20.8 Å². The number of anilines is 1. The van der Waals surface area contributed by atoms with Crippen LogP contribution in [0.3, 0.4) is 0 Å². The van der Waals surface area contributed by atoms with Gasteiger partial charge in [-0.1, -0.05) is 5.16 Å². The summed E-state index contributed by atoms with van der Waals surface area (Å²) in [5.41, 5.74) is 1.54. The van der Waals surface area contributed by atoms with Gasteiger partial charge in [-0.25, -0.2) is 4.79 Å². The number of amides is 1. The molecule has 2 heterocycles. The Balaban J connectivity index is 1.66. The number of aromatic nitrogens is 2. The molecule has 1 fully saturated rings. The molecule has 1 aliphatic heterocycles. The van der Waals surface area contributed by atoms with E-state index in [1.165, 1.54) is 0 Å². The zero-order valence-corrected chi connectivity index (χ0v) is 14.1. The van der Waals surface area contributed by atoms with Gasteiger partial charge >= 0.3 is 6.09 Å². The predicted molar refractivity (Wildman–Crippen MR) is 91.7 cm³/mol. The molecule has 1 aromatic heterocycles. The van der Waals surface area contributed by atoms with Crippen LogP contribution in [0.1, 0.15) is 5.82 Å². The summed E-state index contributed by atoms with van der Waals surface area (Å²) in [6.07, 6.45) is -0.638. The molecule has 3 rings (SSSR count). The summed E-state index contributed by atoms with van der Waals surface area (Å²) < 4.78 is 10.5. The van der Waals surface area contributed by atoms with E-state index in [9.17, 15) is 4.79 Å². The first-order valence-electron chi connectivity index (χ1n) is 7.41. The van der Waals surface area contributed by atoms with Crippen molar-refractivity contribution in [1.29, 1.82) is 0 Å². The standard InChI is InChI=1S/C15H17N5O3S/c1-9-18-13(23-19-9)10-3-5-11(6-4-10)20-8-12(22-15(20)21)7-17-14(24)16-2/h3-6,12H,7-8H2,1-2H3,(H2,16,17,24)/t12-/m1/s1. The molecular weight excluding hydrogens is 330 g/mol. The van der Waals surface area contributed by atoms with Gasteiger partial charge in [0.05, 0.1) is 13.1 Å². The first kappa shape index (κ1) is 16.2. The van der Waals surface area contributed by atoms with E-state index in [1.54, 1.807) is 18.9 Å². The molecule has 24 heavy (non-hydrogen) atoms. The minimum absolute atomic E-state index is 0.262. The van der Waals surface area contributed by atoms with E-state index < -0.39 is 0 Å². The maximum Gasteiger partial charge on any atom is 0.414 e. The summed E-state index contributed by atoms with van der Waals surface area (Å²) in [7, 11) is 1.73. The molecule has 126 valence electrons. The molecule has 1 saturated heterocycles. The van der Waals surface area contributed by atoms with Crippen LogP contribution in [0.4, 0.5) is 10.5 Å². The molecular formula is C15H17N5O3S. The predicted octanol–water partition coefficient (Wildman–Crippen LogP) is 1.46. The van der Waals surface area contributed by atoms with E-state index in [0.29, 0.717) is 29.9 Å². The Labute approximate surface area is 144 Å². The van der Waals surface area contributed by atoms with E-state index in [1.807, 2.05) is 24.3 Å². The molecule has 8 nitrogen and oxygen atoms in total. The SMILES string of the molecule is CNC(=S)NC[C@@H]1CN(c2ccc(-c3nc(C)no3)cc2)C(=O)O1. The Morgan fingerprint density at radius 2 is 2.17 bits per heavy atom. The van der Waals surface area contributed by atoms with Gasteiger partial charge in [0.25, 0.3) is 5.89 Å². The first-order chi connectivity index (χ1) is 11.6. The molecule has 2 N–H and O–H groups in total. The monoisotopic (exact) mass is 347 g/mol. The molecule has 1 amide bonds. The van der Waals surface area contributed by atoms with E-state index >= 15 is 0 Å². The lowest BCUT2D eigenvalue weighted by molar-refractivity contribution is 0.143. The number of benzene rings is 1. The highest BCUT2D eigenvalue weighted by Crippen LogP contribution is 2.25. The van der Waals surface area contributed by atoms with Crippen molar-refractivity contribution in [2.75, 3.05) is 25.0 Å². The van der Waals surface area contributed by atoms with Crippen LogP contribution in [-0.2, 0) is 4.74 Å². The van der Waals surface area contributed by atoms with Crippen molar-refractivity contribution in [2.24, 2.45) is 0 Å². The van der Waals surface area contributed by atoms with Crippen molar-refractivity contribution in [3.05, 3.63) is 30.1 Å². The number of thiocarbonyl (C=S) groups is 1. The Morgan fingerprint density at radius 3 is 2.79 bits per heavy atom. The van der Waals surface area contributed by atoms with Crippen LogP contribution in [0.15, 0.2) is 28.8 Å². The third-order valence-corrected chi connectivity index (χ3v) is 3.89. The largest absolute Gasteiger partial charge is 0.442 e. The van der Waals surface area contributed by atoms with Crippen LogP contribution in [0, 0.1) is 6.92 Å². The molecule has 0 unspecified atom stereocenters. The van der Waals surface area contributed by atoms with E-state index in [2.05, 4.69) is 20.8 Å². The van der Waals surface area contributed by atoms with E-state index in [-0.39, 0.29) is 12.2 Å². The first-order valence-corrected chi connectivity index (χ1v) is 7.82. The third-order valence-electron chi connectivity index (χ3n) is 3.54. The van der Waals surface area contributed by atoms with Gasteiger partial charge in [-0.05, 0) is 43.4 Å². The average molecular weight is 347 g/mol. The lowest BCUT2D eigenvalue weighted by atomic mass is 10.2. The lowest BCUT2D eigenvalue weighted by Gasteiger charge is -2.13. The number of nitrogens with one attached hydrogen (secondary N) is 2. The minimum Gasteiger partial charge on any atom is -0.442 e. The maximum absolute atomic E-state index is 12.0. The fraction of sp³-hybridized carbons (Fsp3) is 0.333. The van der Waals surface area contributed by atoms with Crippen molar-refractivity contribution >= 4 is 29.1 Å². The maximum atomic E-state index is 12.0. The van der Waals surface area contributed by atoms with Crippen LogP contribution in [0.2, 0.25) is 0 Å². The quantitative estimate of drug-likeness (QED) is 0.803. The summed E-state index contributed by atoms with van der Waals surface area (Å²) >= 11 is 5.01. The van der Waals surface area contributed by atoms with Crippen molar-refractivity contribution in [3.8, 4) is 11.5 Å². The second-order valence-electron chi connectivity index (χ2n) is 5.27. The van der Waals surface area contributed by atoms with Crippen LogP contribution >= 0.6 is 12.2 Å². The number of aryl methyl sites for hydroxylation is 1. The fourth-order valence-corrected chi connectivity index (χ4v) is 2.42. The van der Waals surface area contributed by atoms with E-state index in [4.69, 9.17) is 21.5 Å². The summed E-state index contributed by atoms with van der Waals surface area (Å²) in [6.45, 7) is 2.67. The van der Waals surface area contributed by atoms with Crippen LogP contribution < -0.4 is 15.5 Å². The molecule has 0 bridgehead atoms. The topological polar surface area (TPSA) is 92.5 Å². The van der Waals surface area contributed by atoms with Crippen molar-refractivity contribution in [2.45, 2.75) is 13.0 Å². The van der Waals surface area contributed by atoms with Gasteiger partial charge < -0.3 is 19.9 Å². The Kier molecular flexibility index (Phi) is 4.61. The van der Waals surface area contributed by atoms with Crippen LogP contribution in [-0.4, -0.2) is 47.6 Å². The molecule has 0 radical (unpaired) electrons. The van der Waals surface area contributed by atoms with Gasteiger partial charge in [0.15, 0.2) is 10.9 Å². The zero-order valence-electron chi connectivity index (χ0n) is 13.3. The fourth-order valence-electron chi connectivity index (χ4n) is 2.33. The van der Waals surface area contributed by atoms with Crippen LogP contribution in [0.25, 0.3) is 11.5 Å². The summed E-state index contributed by atoms with van der Waals surface area (Å²) in [6, 6.07) is 7.31. The number of rotatable bonds is 4. The molecule has 9 heteroatoms. The molecule has 0 spiro atoms. The highest BCUT2D eigenvalue weighted by molar-refractivity contribution is 7.80. The lowest BCUT2D eigenvalue weighted by Crippen LogP contribution is -2.39. The second kappa shape index (κ2) is 6.83. The minimum atomic E-state index is -0.376. The molecule has 1 aliphatic rings. The van der Waals surface area contributed by atoms with Gasteiger partial charge in [-0.2, -0.15) is 4.98 Å². The van der Waals surface area contributed by atoms with Crippen molar-refractivity contribution < 1.29 is 14.1 Å². The van der Waals surface area contributed by atoms with Gasteiger partial charge in [0, 0.05) is 18.3 Å². The molecule has 1 atom stereocenters. The van der Waals surface area contributed by atoms with Gasteiger partial charge in [0.1, 0.15) is 6.10 Å². The summed E-state index contributed by atoms with van der Waals surface area (Å²) in [4.78, 5) is 17.8. The number of nitrogens with zero attached hydrogens (tertiary/aromatic N) is 3. The smallest absolute Gasteiger partial charge is 0.414 e. The van der Waals surface area contributed by atoms with Gasteiger partial charge in [0.2, 0.25) is 0 Å². The highest BCUT2D eigenvalue weighted by atomic mass is 32.1. The number of carbonyl (C=O) groups is 1. The summed E-state index contributed by atoms with van der Waals surface area (Å²) in [5.74, 6) is 1.03. The highest BCUT2D eigenvalue weighted by Gasteiger charge is 2.32. The Bertz CT molecular complexity index is 746. The molecule has 0 aliphatic carbocycles. The normalized spacial score (nSPS) is 16.8. The second-order valence-corrected chi connectivity index (χ2v) is 5.68. The van der Waals surface area contributed by atoms with Gasteiger partial charge in [-0.3, -0.25) is 4.90 Å². The molecule has 1 aromatic carbocycles. The number of hydrogen-bond donors (Lipinski definition) is 2. The summed E-state index contributed by atoms with van der Waals surface area (Å²) in [5, 5.41) is 10.1. The zero-order chi connectivity index (χ0) is 17.1. The molecule has 0 saturated carbocycles. The van der Waals surface area contributed by atoms with Crippen molar-refractivity contribution in [3.63, 3.8) is 0 Å². The number of carbonyl (C=O) groups excluding carboxylic acids is 1. The Hall–Kier alpha value is -2.68. The van der Waals surface area contributed by atoms with Crippen LogP contribution in [0.5, 0.6) is 0 Å².